The number of hydrogen-bond acceptors (Lipinski definition) is 4. The van der Waals surface area contributed by atoms with Crippen molar-refractivity contribution < 1.29 is 5.11 Å². The molecule has 2 aromatic rings. The summed E-state index contributed by atoms with van der Waals surface area (Å²) in [6.45, 7) is 4.10. The lowest BCUT2D eigenvalue weighted by molar-refractivity contribution is 0.477. The topological polar surface area (TPSA) is 82.9 Å². The molecule has 1 aromatic heterocycles. The largest absolute Gasteiger partial charge is 0.507 e. The van der Waals surface area contributed by atoms with Crippen molar-refractivity contribution in [1.82, 2.24) is 4.98 Å². The van der Waals surface area contributed by atoms with Gasteiger partial charge in [0, 0.05) is 5.56 Å². The summed E-state index contributed by atoms with van der Waals surface area (Å²) in [5.74, 6) is 0.572. The molecule has 0 aliphatic heterocycles. The molecule has 0 radical (unpaired) electrons. The number of nitrogens with zero attached hydrogens (tertiary/aromatic N) is 2. The van der Waals surface area contributed by atoms with Gasteiger partial charge in [-0.3, -0.25) is 0 Å². The van der Waals surface area contributed by atoms with E-state index in [0.29, 0.717) is 16.8 Å². The maximum atomic E-state index is 9.92. The molecule has 0 saturated carbocycles. The Morgan fingerprint density at radius 1 is 1.40 bits per heavy atom. The number of nitrogens with two attached hydrogens (primary N) is 1. The van der Waals surface area contributed by atoms with Gasteiger partial charge in [0.25, 0.3) is 0 Å². The monoisotopic (exact) mass is 267 g/mol. The normalized spacial score (nSPS) is 11.8. The first-order valence-electron chi connectivity index (χ1n) is 6.57. The Morgan fingerprint density at radius 2 is 2.10 bits per heavy atom. The third-order valence-electron chi connectivity index (χ3n) is 3.51. The summed E-state index contributed by atoms with van der Waals surface area (Å²) in [5.41, 5.74) is 8.41. The van der Waals surface area contributed by atoms with E-state index in [1.54, 1.807) is 18.2 Å². The number of anilines is 1. The second kappa shape index (κ2) is 5.62. The van der Waals surface area contributed by atoms with Gasteiger partial charge in [0.2, 0.25) is 0 Å². The van der Waals surface area contributed by atoms with Crippen molar-refractivity contribution in [3.63, 3.8) is 0 Å². The number of aromatic hydroxyl groups is 1. The standard InChI is InChI=1S/C16H17N3O/c1-3-10(2)12-8-14(19-16(18)13(12)9-17)11-6-4-5-7-15(11)20/h4-8,10,20H,3H2,1-2H3,(H2,18,19). The molecule has 0 aliphatic rings. The summed E-state index contributed by atoms with van der Waals surface area (Å²) < 4.78 is 0. The van der Waals surface area contributed by atoms with Crippen molar-refractivity contribution in [1.29, 1.82) is 5.26 Å². The van der Waals surface area contributed by atoms with Crippen LogP contribution < -0.4 is 5.73 Å². The zero-order valence-corrected chi connectivity index (χ0v) is 11.6. The molecule has 0 spiro atoms. The SMILES string of the molecule is CCC(C)c1cc(-c2ccccc2O)nc(N)c1C#N. The summed E-state index contributed by atoms with van der Waals surface area (Å²) in [6.07, 6.45) is 0.901. The number of phenolic OH excluding ortho intramolecular Hbond substituents is 1. The Balaban J connectivity index is 2.66. The second-order valence-corrected chi connectivity index (χ2v) is 4.80. The second-order valence-electron chi connectivity index (χ2n) is 4.80. The van der Waals surface area contributed by atoms with Crippen molar-refractivity contribution >= 4 is 5.82 Å². The molecule has 1 unspecified atom stereocenters. The lowest BCUT2D eigenvalue weighted by Crippen LogP contribution is -2.04. The molecule has 3 N–H and O–H groups in total. The number of rotatable bonds is 3. The molecule has 1 heterocycles. The first-order valence-corrected chi connectivity index (χ1v) is 6.57. The number of nitriles is 1. The Kier molecular flexibility index (Phi) is 3.90. The lowest BCUT2D eigenvalue weighted by Gasteiger charge is -2.15. The highest BCUT2D eigenvalue weighted by molar-refractivity contribution is 5.71. The summed E-state index contributed by atoms with van der Waals surface area (Å²) >= 11 is 0. The molecule has 4 heteroatoms. The van der Waals surface area contributed by atoms with Gasteiger partial charge in [-0.05, 0) is 36.1 Å². The maximum Gasteiger partial charge on any atom is 0.142 e. The Morgan fingerprint density at radius 3 is 2.70 bits per heavy atom. The molecular formula is C16H17N3O. The molecule has 0 amide bonds. The van der Waals surface area contributed by atoms with E-state index in [9.17, 15) is 10.4 Å². The first kappa shape index (κ1) is 13.9. The molecule has 0 saturated heterocycles. The van der Waals surface area contributed by atoms with E-state index in [-0.39, 0.29) is 17.5 Å². The molecule has 1 aromatic carbocycles. The van der Waals surface area contributed by atoms with Gasteiger partial charge >= 0.3 is 0 Å². The minimum Gasteiger partial charge on any atom is -0.507 e. The predicted octanol–water partition coefficient (Wildman–Crippen LogP) is 3.42. The minimum atomic E-state index is 0.152. The Labute approximate surface area is 118 Å². The van der Waals surface area contributed by atoms with Crippen LogP contribution in [0.2, 0.25) is 0 Å². The number of aromatic nitrogens is 1. The lowest BCUT2D eigenvalue weighted by atomic mass is 9.93. The van der Waals surface area contributed by atoms with E-state index in [1.165, 1.54) is 0 Å². The highest BCUT2D eigenvalue weighted by atomic mass is 16.3. The van der Waals surface area contributed by atoms with E-state index in [2.05, 4.69) is 18.0 Å². The van der Waals surface area contributed by atoms with Crippen LogP contribution in [-0.2, 0) is 0 Å². The van der Waals surface area contributed by atoms with E-state index in [4.69, 9.17) is 5.73 Å². The van der Waals surface area contributed by atoms with Crippen molar-refractivity contribution in [2.24, 2.45) is 0 Å². The van der Waals surface area contributed by atoms with Crippen LogP contribution in [-0.4, -0.2) is 10.1 Å². The van der Waals surface area contributed by atoms with Gasteiger partial charge in [0.1, 0.15) is 17.6 Å². The summed E-state index contributed by atoms with van der Waals surface area (Å²) in [4.78, 5) is 4.25. The fourth-order valence-electron chi connectivity index (χ4n) is 2.14. The van der Waals surface area contributed by atoms with Gasteiger partial charge in [-0.2, -0.15) is 5.26 Å². The number of phenols is 1. The van der Waals surface area contributed by atoms with Crippen LogP contribution in [0.15, 0.2) is 30.3 Å². The fourth-order valence-corrected chi connectivity index (χ4v) is 2.14. The van der Waals surface area contributed by atoms with Gasteiger partial charge in [-0.15, -0.1) is 0 Å². The van der Waals surface area contributed by atoms with E-state index < -0.39 is 0 Å². The summed E-state index contributed by atoms with van der Waals surface area (Å²) in [7, 11) is 0. The number of hydrogen-bond donors (Lipinski definition) is 2. The van der Waals surface area contributed by atoms with E-state index in [0.717, 1.165) is 12.0 Å². The van der Waals surface area contributed by atoms with Crippen LogP contribution in [0.25, 0.3) is 11.3 Å². The van der Waals surface area contributed by atoms with Crippen LogP contribution in [0.5, 0.6) is 5.75 Å². The Hall–Kier alpha value is -2.54. The predicted molar refractivity (Wildman–Crippen MR) is 79.2 cm³/mol. The Bertz CT molecular complexity index is 674. The van der Waals surface area contributed by atoms with Crippen LogP contribution in [0.3, 0.4) is 0 Å². The zero-order valence-electron chi connectivity index (χ0n) is 11.6. The van der Waals surface area contributed by atoms with Gasteiger partial charge in [-0.25, -0.2) is 4.98 Å². The fraction of sp³-hybridized carbons (Fsp3) is 0.250. The zero-order chi connectivity index (χ0) is 14.7. The maximum absolute atomic E-state index is 9.92. The first-order chi connectivity index (χ1) is 9.58. The highest BCUT2D eigenvalue weighted by Crippen LogP contribution is 2.33. The van der Waals surface area contributed by atoms with Crippen molar-refractivity contribution in [3.8, 4) is 23.1 Å². The molecule has 1 atom stereocenters. The van der Waals surface area contributed by atoms with E-state index in [1.807, 2.05) is 19.1 Å². The summed E-state index contributed by atoms with van der Waals surface area (Å²) in [5, 5.41) is 19.2. The number of nitrogen functional groups attached to an aromatic ring is 1. The van der Waals surface area contributed by atoms with Crippen molar-refractivity contribution in [2.45, 2.75) is 26.2 Å². The number of para-hydroxylation sites is 1. The minimum absolute atomic E-state index is 0.152. The van der Waals surface area contributed by atoms with Gasteiger partial charge in [0.15, 0.2) is 0 Å². The molecule has 4 nitrogen and oxygen atoms in total. The molecule has 0 fully saturated rings. The van der Waals surface area contributed by atoms with Crippen LogP contribution in [0.4, 0.5) is 5.82 Å². The number of pyridine rings is 1. The molecule has 2 rings (SSSR count). The highest BCUT2D eigenvalue weighted by Gasteiger charge is 2.16. The third kappa shape index (κ3) is 2.43. The number of benzene rings is 1. The summed E-state index contributed by atoms with van der Waals surface area (Å²) in [6, 6.07) is 10.9. The molecular weight excluding hydrogens is 250 g/mol. The smallest absolute Gasteiger partial charge is 0.142 e. The van der Waals surface area contributed by atoms with E-state index >= 15 is 0 Å². The molecule has 102 valence electrons. The van der Waals surface area contributed by atoms with Crippen LogP contribution in [0.1, 0.15) is 37.3 Å². The molecule has 0 aliphatic carbocycles. The van der Waals surface area contributed by atoms with Gasteiger partial charge in [-0.1, -0.05) is 26.0 Å². The average molecular weight is 267 g/mol. The molecule has 20 heavy (non-hydrogen) atoms. The van der Waals surface area contributed by atoms with Crippen LogP contribution >= 0.6 is 0 Å². The third-order valence-corrected chi connectivity index (χ3v) is 3.51. The average Bonchev–Trinajstić information content (AvgIpc) is 2.46. The van der Waals surface area contributed by atoms with Crippen molar-refractivity contribution in [3.05, 3.63) is 41.5 Å². The van der Waals surface area contributed by atoms with Gasteiger partial charge < -0.3 is 10.8 Å². The van der Waals surface area contributed by atoms with Crippen LogP contribution in [0, 0.1) is 11.3 Å². The molecule has 0 bridgehead atoms. The quantitative estimate of drug-likeness (QED) is 0.892. The van der Waals surface area contributed by atoms with Crippen molar-refractivity contribution in [2.75, 3.05) is 5.73 Å². The van der Waals surface area contributed by atoms with Gasteiger partial charge in [0.05, 0.1) is 11.3 Å².